The SMILES string of the molecule is CN(C)CCN1C(N)=NCC1c1csc(C(C)(C)C)n1. The zero-order valence-corrected chi connectivity index (χ0v) is 13.9. The molecule has 0 amide bonds. The number of nitrogens with zero attached hydrogens (tertiary/aromatic N) is 4. The average Bonchev–Trinajstić information content (AvgIpc) is 2.92. The Morgan fingerprint density at radius 3 is 2.70 bits per heavy atom. The number of nitrogens with two attached hydrogens (primary N) is 1. The zero-order chi connectivity index (χ0) is 14.9. The van der Waals surface area contributed by atoms with Crippen LogP contribution in [0.25, 0.3) is 0 Å². The summed E-state index contributed by atoms with van der Waals surface area (Å²) >= 11 is 1.73. The molecule has 1 unspecified atom stereocenters. The summed E-state index contributed by atoms with van der Waals surface area (Å²) in [6.45, 7) is 9.14. The summed E-state index contributed by atoms with van der Waals surface area (Å²) in [5, 5.41) is 3.33. The number of hydrogen-bond donors (Lipinski definition) is 1. The van der Waals surface area contributed by atoms with Crippen molar-refractivity contribution >= 4 is 17.3 Å². The van der Waals surface area contributed by atoms with Crippen LogP contribution in [0.1, 0.15) is 37.5 Å². The van der Waals surface area contributed by atoms with Crippen molar-refractivity contribution in [2.45, 2.75) is 32.2 Å². The molecule has 112 valence electrons. The van der Waals surface area contributed by atoms with Crippen molar-refractivity contribution in [3.05, 3.63) is 16.1 Å². The van der Waals surface area contributed by atoms with Crippen LogP contribution in [-0.4, -0.2) is 54.5 Å². The predicted octanol–water partition coefficient (Wildman–Crippen LogP) is 1.67. The van der Waals surface area contributed by atoms with Crippen molar-refractivity contribution in [2.24, 2.45) is 10.7 Å². The first-order chi connectivity index (χ1) is 9.29. The molecule has 1 aromatic rings. The Labute approximate surface area is 125 Å². The van der Waals surface area contributed by atoms with Gasteiger partial charge in [-0.05, 0) is 14.1 Å². The van der Waals surface area contributed by atoms with Crippen LogP contribution in [0.2, 0.25) is 0 Å². The lowest BCUT2D eigenvalue weighted by molar-refractivity contribution is 0.290. The fourth-order valence-corrected chi connectivity index (χ4v) is 3.10. The number of guanidine groups is 1. The van der Waals surface area contributed by atoms with E-state index in [4.69, 9.17) is 10.7 Å². The molecule has 1 aromatic heterocycles. The molecule has 20 heavy (non-hydrogen) atoms. The molecule has 6 heteroatoms. The van der Waals surface area contributed by atoms with Crippen molar-refractivity contribution in [3.63, 3.8) is 0 Å². The van der Waals surface area contributed by atoms with Crippen LogP contribution in [0.3, 0.4) is 0 Å². The number of thiazole rings is 1. The van der Waals surface area contributed by atoms with Gasteiger partial charge in [-0.2, -0.15) is 0 Å². The van der Waals surface area contributed by atoms with E-state index in [1.807, 2.05) is 0 Å². The minimum atomic E-state index is 0.0996. The molecule has 2 rings (SSSR count). The Morgan fingerprint density at radius 1 is 1.45 bits per heavy atom. The van der Waals surface area contributed by atoms with Gasteiger partial charge in [-0.1, -0.05) is 20.8 Å². The quantitative estimate of drug-likeness (QED) is 0.918. The lowest BCUT2D eigenvalue weighted by Crippen LogP contribution is -2.40. The molecule has 0 spiro atoms. The third-order valence-electron chi connectivity index (χ3n) is 3.39. The van der Waals surface area contributed by atoms with Gasteiger partial charge >= 0.3 is 0 Å². The van der Waals surface area contributed by atoms with E-state index < -0.39 is 0 Å². The Morgan fingerprint density at radius 2 is 2.15 bits per heavy atom. The van der Waals surface area contributed by atoms with Crippen molar-refractivity contribution in [3.8, 4) is 0 Å². The summed E-state index contributed by atoms with van der Waals surface area (Å²) in [4.78, 5) is 13.5. The summed E-state index contributed by atoms with van der Waals surface area (Å²) in [6, 6.07) is 0.197. The predicted molar refractivity (Wildman–Crippen MR) is 85.3 cm³/mol. The van der Waals surface area contributed by atoms with Crippen molar-refractivity contribution in [1.29, 1.82) is 0 Å². The first-order valence-electron chi connectivity index (χ1n) is 6.96. The van der Waals surface area contributed by atoms with Gasteiger partial charge in [-0.3, -0.25) is 4.99 Å². The second-order valence-corrected chi connectivity index (χ2v) is 7.40. The maximum atomic E-state index is 6.02. The number of likely N-dealkylation sites (N-methyl/N-ethyl adjacent to an activating group) is 1. The molecular weight excluding hydrogens is 270 g/mol. The van der Waals surface area contributed by atoms with E-state index >= 15 is 0 Å². The normalized spacial score (nSPS) is 19.8. The molecule has 0 radical (unpaired) electrons. The monoisotopic (exact) mass is 295 g/mol. The highest BCUT2D eigenvalue weighted by molar-refractivity contribution is 7.09. The summed E-state index contributed by atoms with van der Waals surface area (Å²) < 4.78 is 0. The van der Waals surface area contributed by atoms with Gasteiger partial charge < -0.3 is 15.5 Å². The molecule has 2 N–H and O–H groups in total. The summed E-state index contributed by atoms with van der Waals surface area (Å²) in [7, 11) is 4.14. The molecule has 2 heterocycles. The van der Waals surface area contributed by atoms with Crippen LogP contribution >= 0.6 is 11.3 Å². The molecule has 5 nitrogen and oxygen atoms in total. The van der Waals surface area contributed by atoms with Gasteiger partial charge in [0.2, 0.25) is 0 Å². The fraction of sp³-hybridized carbons (Fsp3) is 0.714. The van der Waals surface area contributed by atoms with Crippen molar-refractivity contribution < 1.29 is 0 Å². The van der Waals surface area contributed by atoms with Gasteiger partial charge in [0.1, 0.15) is 0 Å². The minimum absolute atomic E-state index is 0.0996. The van der Waals surface area contributed by atoms with Crippen molar-refractivity contribution in [1.82, 2.24) is 14.8 Å². The highest BCUT2D eigenvalue weighted by Gasteiger charge is 2.30. The Kier molecular flexibility index (Phi) is 4.34. The summed E-state index contributed by atoms with van der Waals surface area (Å²) in [5.41, 5.74) is 7.22. The Bertz CT molecular complexity index is 486. The standard InChI is InChI=1S/C14H25N5S/c1-14(2,3)12-17-10(9-20-12)11-8-16-13(15)19(11)7-6-18(4)5/h9,11H,6-8H2,1-5H3,(H2,15,16). The van der Waals surface area contributed by atoms with E-state index in [1.165, 1.54) is 5.01 Å². The zero-order valence-electron chi connectivity index (χ0n) is 13.1. The van der Waals surface area contributed by atoms with E-state index in [-0.39, 0.29) is 11.5 Å². The number of hydrogen-bond acceptors (Lipinski definition) is 6. The fourth-order valence-electron chi connectivity index (χ4n) is 2.14. The summed E-state index contributed by atoms with van der Waals surface area (Å²) in [5.74, 6) is 0.641. The maximum absolute atomic E-state index is 6.02. The van der Waals surface area contributed by atoms with E-state index in [1.54, 1.807) is 11.3 Å². The lowest BCUT2D eigenvalue weighted by atomic mass is 9.98. The third kappa shape index (κ3) is 3.30. The topological polar surface area (TPSA) is 57.8 Å². The highest BCUT2D eigenvalue weighted by Crippen LogP contribution is 2.31. The second kappa shape index (κ2) is 5.69. The number of aliphatic imine (C=N–C) groups is 1. The van der Waals surface area contributed by atoms with Crippen molar-refractivity contribution in [2.75, 3.05) is 33.7 Å². The van der Waals surface area contributed by atoms with Gasteiger partial charge in [0.05, 0.1) is 23.3 Å². The first-order valence-corrected chi connectivity index (χ1v) is 7.84. The second-order valence-electron chi connectivity index (χ2n) is 6.54. The first kappa shape index (κ1) is 15.3. The van der Waals surface area contributed by atoms with E-state index in [0.717, 1.165) is 18.8 Å². The highest BCUT2D eigenvalue weighted by atomic mass is 32.1. The van der Waals surface area contributed by atoms with Gasteiger partial charge in [-0.25, -0.2) is 4.98 Å². The van der Waals surface area contributed by atoms with Crippen LogP contribution in [-0.2, 0) is 5.41 Å². The molecule has 0 aliphatic carbocycles. The van der Waals surface area contributed by atoms with E-state index in [0.29, 0.717) is 12.5 Å². The lowest BCUT2D eigenvalue weighted by Gasteiger charge is -2.26. The molecular formula is C14H25N5S. The van der Waals surface area contributed by atoms with Gasteiger partial charge in [0, 0.05) is 23.9 Å². The molecule has 0 bridgehead atoms. The Balaban J connectivity index is 2.13. The van der Waals surface area contributed by atoms with E-state index in [9.17, 15) is 0 Å². The maximum Gasteiger partial charge on any atom is 0.192 e. The molecule has 0 aromatic carbocycles. The minimum Gasteiger partial charge on any atom is -0.370 e. The molecule has 0 saturated heterocycles. The molecule has 0 saturated carbocycles. The third-order valence-corrected chi connectivity index (χ3v) is 4.68. The van der Waals surface area contributed by atoms with Gasteiger partial charge in [-0.15, -0.1) is 11.3 Å². The Hall–Kier alpha value is -1.14. The molecule has 1 aliphatic heterocycles. The van der Waals surface area contributed by atoms with Crippen LogP contribution in [0.15, 0.2) is 10.4 Å². The number of rotatable bonds is 4. The van der Waals surface area contributed by atoms with Crippen LogP contribution in [0, 0.1) is 0 Å². The van der Waals surface area contributed by atoms with Crippen LogP contribution in [0.5, 0.6) is 0 Å². The molecule has 0 fully saturated rings. The van der Waals surface area contributed by atoms with Gasteiger partial charge in [0.25, 0.3) is 0 Å². The molecule has 1 aliphatic rings. The van der Waals surface area contributed by atoms with Crippen LogP contribution in [0.4, 0.5) is 0 Å². The molecule has 1 atom stereocenters. The van der Waals surface area contributed by atoms with Gasteiger partial charge in [0.15, 0.2) is 5.96 Å². The van der Waals surface area contributed by atoms with E-state index in [2.05, 4.69) is 55.0 Å². The van der Waals surface area contributed by atoms with Crippen LogP contribution < -0.4 is 5.73 Å². The largest absolute Gasteiger partial charge is 0.370 e. The summed E-state index contributed by atoms with van der Waals surface area (Å²) in [6.07, 6.45) is 0. The average molecular weight is 295 g/mol. The number of aromatic nitrogens is 1. The smallest absolute Gasteiger partial charge is 0.192 e.